The van der Waals surface area contributed by atoms with Crippen LogP contribution in [0.2, 0.25) is 0 Å². The SMILES string of the molecule is Cc1ccc(N(c2ccc(NC(=O)c3ccco3)cc2N(c2ccc(C)cc2)S(=O)O)S(=O)O)cc1. The number of hydrogen-bond donors (Lipinski definition) is 3. The average Bonchev–Trinajstić information content (AvgIpc) is 3.38. The molecule has 186 valence electrons. The lowest BCUT2D eigenvalue weighted by atomic mass is 10.1. The zero-order valence-electron chi connectivity index (χ0n) is 19.3. The summed E-state index contributed by atoms with van der Waals surface area (Å²) in [7, 11) is 0. The summed E-state index contributed by atoms with van der Waals surface area (Å²) in [4.78, 5) is 12.6. The highest BCUT2D eigenvalue weighted by Crippen LogP contribution is 2.41. The van der Waals surface area contributed by atoms with Crippen LogP contribution in [0, 0.1) is 13.8 Å². The van der Waals surface area contributed by atoms with Crippen LogP contribution in [-0.4, -0.2) is 23.4 Å². The molecule has 0 spiro atoms. The average molecular weight is 526 g/mol. The van der Waals surface area contributed by atoms with E-state index in [-0.39, 0.29) is 22.8 Å². The second-order valence-corrected chi connectivity index (χ2v) is 9.51. The molecule has 0 aliphatic carbocycles. The number of carbonyl (C=O) groups is 1. The molecule has 36 heavy (non-hydrogen) atoms. The summed E-state index contributed by atoms with van der Waals surface area (Å²) in [6.45, 7) is 3.77. The second kappa shape index (κ2) is 10.9. The molecule has 1 aromatic heterocycles. The van der Waals surface area contributed by atoms with Crippen molar-refractivity contribution >= 4 is 56.9 Å². The van der Waals surface area contributed by atoms with Crippen LogP contribution in [0.3, 0.4) is 0 Å². The van der Waals surface area contributed by atoms with Gasteiger partial charge >= 0.3 is 0 Å². The van der Waals surface area contributed by atoms with E-state index in [1.807, 2.05) is 13.8 Å². The van der Waals surface area contributed by atoms with Gasteiger partial charge in [0.2, 0.25) is 0 Å². The van der Waals surface area contributed by atoms with Gasteiger partial charge in [0.1, 0.15) is 0 Å². The van der Waals surface area contributed by atoms with E-state index in [2.05, 4.69) is 5.32 Å². The lowest BCUT2D eigenvalue weighted by molar-refractivity contribution is 0.0996. The van der Waals surface area contributed by atoms with Gasteiger partial charge < -0.3 is 9.73 Å². The summed E-state index contributed by atoms with van der Waals surface area (Å²) in [6.07, 6.45) is 1.37. The van der Waals surface area contributed by atoms with Crippen LogP contribution in [-0.2, 0) is 22.5 Å². The van der Waals surface area contributed by atoms with Gasteiger partial charge in [-0.15, -0.1) is 0 Å². The molecular formula is C25H23N3O6S2. The molecule has 0 aliphatic rings. The standard InChI is InChI=1S/C25H23N3O6S2/c1-17-5-10-20(11-6-17)27(35(30)31)22-14-9-19(26-25(29)24-4-3-15-34-24)16-23(22)28(36(32)33)21-12-7-18(2)8-13-21/h3-16H,1-2H3,(H,26,29)(H,30,31)(H,32,33). The molecule has 9 nitrogen and oxygen atoms in total. The van der Waals surface area contributed by atoms with Crippen molar-refractivity contribution in [3.05, 3.63) is 102 Å². The Balaban J connectivity index is 1.88. The van der Waals surface area contributed by atoms with Gasteiger partial charge in [-0.05, 0) is 68.4 Å². The topological polar surface area (TPSA) is 123 Å². The van der Waals surface area contributed by atoms with Gasteiger partial charge in [0.15, 0.2) is 5.76 Å². The zero-order chi connectivity index (χ0) is 25.8. The number of aryl methyl sites for hydroxylation is 2. The summed E-state index contributed by atoms with van der Waals surface area (Å²) >= 11 is -5.10. The second-order valence-electron chi connectivity index (χ2n) is 7.86. The first-order valence-electron chi connectivity index (χ1n) is 10.7. The third-order valence-corrected chi connectivity index (χ3v) is 6.70. The molecule has 0 saturated heterocycles. The predicted octanol–water partition coefficient (Wildman–Crippen LogP) is 5.70. The number of rotatable bonds is 8. The molecule has 2 atom stereocenters. The number of nitrogens with one attached hydrogen (secondary N) is 1. The fourth-order valence-electron chi connectivity index (χ4n) is 3.52. The molecule has 1 amide bonds. The van der Waals surface area contributed by atoms with Gasteiger partial charge in [-0.3, -0.25) is 13.9 Å². The molecular weight excluding hydrogens is 502 g/mol. The largest absolute Gasteiger partial charge is 0.459 e. The van der Waals surface area contributed by atoms with Crippen molar-refractivity contribution in [3.63, 3.8) is 0 Å². The van der Waals surface area contributed by atoms with E-state index in [4.69, 9.17) is 4.42 Å². The molecule has 2 unspecified atom stereocenters. The zero-order valence-corrected chi connectivity index (χ0v) is 21.0. The highest BCUT2D eigenvalue weighted by molar-refractivity contribution is 7.81. The van der Waals surface area contributed by atoms with E-state index in [0.29, 0.717) is 11.4 Å². The third kappa shape index (κ3) is 5.55. The maximum Gasteiger partial charge on any atom is 0.291 e. The minimum absolute atomic E-state index is 0.0829. The van der Waals surface area contributed by atoms with Crippen molar-refractivity contribution in [2.24, 2.45) is 0 Å². The van der Waals surface area contributed by atoms with Gasteiger partial charge in [-0.25, -0.2) is 17.0 Å². The van der Waals surface area contributed by atoms with Gasteiger partial charge in [-0.2, -0.15) is 0 Å². The van der Waals surface area contributed by atoms with Crippen LogP contribution in [0.1, 0.15) is 21.7 Å². The number of furan rings is 1. The lowest BCUT2D eigenvalue weighted by Crippen LogP contribution is -2.25. The van der Waals surface area contributed by atoms with Crippen LogP contribution in [0.4, 0.5) is 28.4 Å². The first-order chi connectivity index (χ1) is 17.2. The lowest BCUT2D eigenvalue weighted by Gasteiger charge is -2.28. The monoisotopic (exact) mass is 525 g/mol. The smallest absolute Gasteiger partial charge is 0.291 e. The van der Waals surface area contributed by atoms with E-state index in [1.54, 1.807) is 54.6 Å². The van der Waals surface area contributed by atoms with E-state index in [9.17, 15) is 22.3 Å². The first-order valence-corrected chi connectivity index (χ1v) is 12.8. The minimum Gasteiger partial charge on any atom is -0.459 e. The van der Waals surface area contributed by atoms with Crippen molar-refractivity contribution in [3.8, 4) is 0 Å². The first kappa shape index (κ1) is 25.3. The molecule has 0 bridgehead atoms. The van der Waals surface area contributed by atoms with E-state index < -0.39 is 28.4 Å². The van der Waals surface area contributed by atoms with Gasteiger partial charge in [0.05, 0.1) is 29.0 Å². The Hall–Kier alpha value is -3.77. The third-order valence-electron chi connectivity index (χ3n) is 5.27. The molecule has 4 rings (SSSR count). The maximum absolute atomic E-state index is 12.6. The summed E-state index contributed by atoms with van der Waals surface area (Å²) in [5.41, 5.74) is 3.22. The van der Waals surface area contributed by atoms with Crippen molar-refractivity contribution in [1.82, 2.24) is 0 Å². The van der Waals surface area contributed by atoms with Gasteiger partial charge in [0.25, 0.3) is 28.4 Å². The van der Waals surface area contributed by atoms with Crippen molar-refractivity contribution < 1.29 is 26.7 Å². The van der Waals surface area contributed by atoms with E-state index in [0.717, 1.165) is 19.7 Å². The molecule has 0 radical (unpaired) electrons. The van der Waals surface area contributed by atoms with Crippen LogP contribution < -0.4 is 13.9 Å². The number of amides is 1. The molecule has 0 aliphatic heterocycles. The Bertz CT molecular complexity index is 1410. The van der Waals surface area contributed by atoms with E-state index in [1.165, 1.54) is 30.5 Å². The summed E-state index contributed by atoms with van der Waals surface area (Å²) in [5, 5.41) is 2.68. The number of anilines is 5. The molecule has 4 aromatic rings. The number of carbonyl (C=O) groups excluding carboxylic acids is 1. The Morgan fingerprint density at radius 1 is 0.778 bits per heavy atom. The van der Waals surface area contributed by atoms with Crippen molar-refractivity contribution in [2.75, 3.05) is 13.9 Å². The Kier molecular flexibility index (Phi) is 7.65. The maximum atomic E-state index is 12.6. The van der Waals surface area contributed by atoms with Crippen LogP contribution in [0.25, 0.3) is 0 Å². The predicted molar refractivity (Wildman–Crippen MR) is 141 cm³/mol. The quantitative estimate of drug-likeness (QED) is 0.254. The molecule has 3 N–H and O–H groups in total. The van der Waals surface area contributed by atoms with Crippen LogP contribution >= 0.6 is 0 Å². The van der Waals surface area contributed by atoms with E-state index >= 15 is 0 Å². The summed E-state index contributed by atoms with van der Waals surface area (Å²) in [6, 6.07) is 21.4. The minimum atomic E-state index is -2.57. The summed E-state index contributed by atoms with van der Waals surface area (Å²) < 4.78 is 53.0. The summed E-state index contributed by atoms with van der Waals surface area (Å²) in [5.74, 6) is -0.439. The van der Waals surface area contributed by atoms with Crippen molar-refractivity contribution in [1.29, 1.82) is 0 Å². The van der Waals surface area contributed by atoms with Crippen LogP contribution in [0.5, 0.6) is 0 Å². The van der Waals surface area contributed by atoms with Gasteiger partial charge in [0, 0.05) is 5.69 Å². The number of hydrogen-bond acceptors (Lipinski definition) is 4. The van der Waals surface area contributed by atoms with Crippen molar-refractivity contribution in [2.45, 2.75) is 13.8 Å². The van der Waals surface area contributed by atoms with Gasteiger partial charge in [-0.1, -0.05) is 35.4 Å². The highest BCUT2D eigenvalue weighted by atomic mass is 32.2. The Morgan fingerprint density at radius 3 is 1.78 bits per heavy atom. The molecule has 3 aromatic carbocycles. The Morgan fingerprint density at radius 2 is 1.31 bits per heavy atom. The fraction of sp³-hybridized carbons (Fsp3) is 0.0800. The normalized spacial score (nSPS) is 12.6. The Labute approximate surface area is 213 Å². The fourth-order valence-corrected chi connectivity index (χ4v) is 4.76. The molecule has 0 saturated carbocycles. The molecule has 1 heterocycles. The highest BCUT2D eigenvalue weighted by Gasteiger charge is 2.26. The van der Waals surface area contributed by atoms with Crippen LogP contribution in [0.15, 0.2) is 89.5 Å². The molecule has 11 heteroatoms. The number of benzene rings is 3. The number of nitrogens with zero attached hydrogens (tertiary/aromatic N) is 2. The molecule has 0 fully saturated rings.